The van der Waals surface area contributed by atoms with E-state index in [1.54, 1.807) is 25.3 Å². The van der Waals surface area contributed by atoms with Crippen molar-refractivity contribution in [2.24, 2.45) is 0 Å². The summed E-state index contributed by atoms with van der Waals surface area (Å²) in [5, 5.41) is 11.4. The molecule has 0 radical (unpaired) electrons. The number of hydrogen-bond acceptors (Lipinski definition) is 4. The van der Waals surface area contributed by atoms with E-state index in [0.29, 0.717) is 18.7 Å². The lowest BCUT2D eigenvalue weighted by atomic mass is 10.1. The van der Waals surface area contributed by atoms with Crippen molar-refractivity contribution >= 4 is 11.4 Å². The summed E-state index contributed by atoms with van der Waals surface area (Å²) in [5.41, 5.74) is 2.94. The molecule has 5 heteroatoms. The maximum Gasteiger partial charge on any atom is 0.274 e. The topological polar surface area (TPSA) is 55.6 Å². The maximum absolute atomic E-state index is 11.4. The van der Waals surface area contributed by atoms with Gasteiger partial charge in [-0.3, -0.25) is 10.1 Å². The zero-order chi connectivity index (χ0) is 18.4. The molecule has 0 aromatic heterocycles. The van der Waals surface area contributed by atoms with Crippen LogP contribution < -0.4 is 9.64 Å². The van der Waals surface area contributed by atoms with Gasteiger partial charge < -0.3 is 9.64 Å². The second-order valence-corrected chi connectivity index (χ2v) is 5.93. The third-order valence-corrected chi connectivity index (χ3v) is 4.20. The van der Waals surface area contributed by atoms with Crippen LogP contribution in [0, 0.1) is 10.1 Å². The summed E-state index contributed by atoms with van der Waals surface area (Å²) in [6, 6.07) is 24.7. The molecule has 0 atom stereocenters. The van der Waals surface area contributed by atoms with E-state index in [2.05, 4.69) is 17.0 Å². The van der Waals surface area contributed by atoms with Gasteiger partial charge in [0.05, 0.1) is 18.6 Å². The number of ether oxygens (including phenoxy) is 1. The standard InChI is InChI=1S/C21H20N2O3/c1-26-20-13-11-19(12-14-20)22(15-17-7-3-2-4-8-17)16-18-9-5-6-10-21(18)23(24)25/h2-14H,15-16H2,1H3. The average Bonchev–Trinajstić information content (AvgIpc) is 2.68. The first-order valence-corrected chi connectivity index (χ1v) is 8.32. The normalized spacial score (nSPS) is 10.3. The molecule has 3 aromatic carbocycles. The molecule has 0 saturated carbocycles. The van der Waals surface area contributed by atoms with Gasteiger partial charge in [-0.05, 0) is 29.8 Å². The van der Waals surface area contributed by atoms with Gasteiger partial charge in [0.2, 0.25) is 0 Å². The number of methoxy groups -OCH3 is 1. The Labute approximate surface area is 152 Å². The molecule has 3 rings (SSSR count). The van der Waals surface area contributed by atoms with Crippen LogP contribution in [0.25, 0.3) is 0 Å². The highest BCUT2D eigenvalue weighted by molar-refractivity contribution is 5.52. The van der Waals surface area contributed by atoms with E-state index in [0.717, 1.165) is 17.0 Å². The number of benzene rings is 3. The fraction of sp³-hybridized carbons (Fsp3) is 0.143. The predicted octanol–water partition coefficient (Wildman–Crippen LogP) is 4.81. The molecule has 0 aliphatic carbocycles. The fourth-order valence-corrected chi connectivity index (χ4v) is 2.86. The number of hydrogen-bond donors (Lipinski definition) is 0. The van der Waals surface area contributed by atoms with Crippen LogP contribution in [0.3, 0.4) is 0 Å². The monoisotopic (exact) mass is 348 g/mol. The van der Waals surface area contributed by atoms with Gasteiger partial charge in [0.15, 0.2) is 0 Å². The minimum absolute atomic E-state index is 0.138. The van der Waals surface area contributed by atoms with Crippen LogP contribution in [0.5, 0.6) is 5.75 Å². The third kappa shape index (κ3) is 4.19. The van der Waals surface area contributed by atoms with E-state index in [9.17, 15) is 10.1 Å². The van der Waals surface area contributed by atoms with Crippen molar-refractivity contribution in [2.45, 2.75) is 13.1 Å². The lowest BCUT2D eigenvalue weighted by Gasteiger charge is -2.25. The summed E-state index contributed by atoms with van der Waals surface area (Å²) in [7, 11) is 1.63. The first-order valence-electron chi connectivity index (χ1n) is 8.32. The molecule has 0 bridgehead atoms. The highest BCUT2D eigenvalue weighted by Gasteiger charge is 2.16. The molecule has 0 fully saturated rings. The SMILES string of the molecule is COc1ccc(N(Cc2ccccc2)Cc2ccccc2[N+](=O)[O-])cc1. The van der Waals surface area contributed by atoms with Crippen molar-refractivity contribution in [3.05, 3.63) is 100 Å². The molecule has 0 amide bonds. The van der Waals surface area contributed by atoms with E-state index in [4.69, 9.17) is 4.74 Å². The van der Waals surface area contributed by atoms with Crippen molar-refractivity contribution in [3.8, 4) is 5.75 Å². The van der Waals surface area contributed by atoms with Crippen molar-refractivity contribution in [2.75, 3.05) is 12.0 Å². The van der Waals surface area contributed by atoms with Crippen LogP contribution in [-0.2, 0) is 13.1 Å². The van der Waals surface area contributed by atoms with Crippen LogP contribution in [0.1, 0.15) is 11.1 Å². The Balaban J connectivity index is 1.93. The van der Waals surface area contributed by atoms with Gasteiger partial charge in [-0.15, -0.1) is 0 Å². The molecule has 0 saturated heterocycles. The Morgan fingerprint density at radius 2 is 1.54 bits per heavy atom. The fourth-order valence-electron chi connectivity index (χ4n) is 2.86. The van der Waals surface area contributed by atoms with Crippen molar-refractivity contribution in [3.63, 3.8) is 0 Å². The third-order valence-electron chi connectivity index (χ3n) is 4.20. The molecule has 0 heterocycles. The van der Waals surface area contributed by atoms with Crippen LogP contribution in [0.15, 0.2) is 78.9 Å². The lowest BCUT2D eigenvalue weighted by molar-refractivity contribution is -0.385. The minimum Gasteiger partial charge on any atom is -0.497 e. The zero-order valence-electron chi connectivity index (χ0n) is 14.5. The largest absolute Gasteiger partial charge is 0.497 e. The van der Waals surface area contributed by atoms with Gasteiger partial charge in [-0.2, -0.15) is 0 Å². The number of nitro groups is 1. The summed E-state index contributed by atoms with van der Waals surface area (Å²) < 4.78 is 5.23. The van der Waals surface area contributed by atoms with Gasteiger partial charge in [0.1, 0.15) is 5.75 Å². The van der Waals surface area contributed by atoms with E-state index in [1.165, 1.54) is 0 Å². The number of nitro benzene ring substituents is 1. The Kier molecular flexibility index (Phi) is 5.49. The quantitative estimate of drug-likeness (QED) is 0.454. The summed E-state index contributed by atoms with van der Waals surface area (Å²) in [6.07, 6.45) is 0. The summed E-state index contributed by atoms with van der Waals surface area (Å²) in [5.74, 6) is 0.777. The van der Waals surface area contributed by atoms with Gasteiger partial charge in [0, 0.05) is 23.9 Å². The minimum atomic E-state index is -0.329. The first-order chi connectivity index (χ1) is 12.7. The molecular weight excluding hydrogens is 328 g/mol. The molecular formula is C21H20N2O3. The van der Waals surface area contributed by atoms with Crippen LogP contribution >= 0.6 is 0 Å². The lowest BCUT2D eigenvalue weighted by Crippen LogP contribution is -2.22. The summed E-state index contributed by atoms with van der Waals surface area (Å²) >= 11 is 0. The Morgan fingerprint density at radius 1 is 0.885 bits per heavy atom. The highest BCUT2D eigenvalue weighted by Crippen LogP contribution is 2.26. The molecule has 132 valence electrons. The Bertz CT molecular complexity index is 864. The van der Waals surface area contributed by atoms with E-state index >= 15 is 0 Å². The van der Waals surface area contributed by atoms with Crippen molar-refractivity contribution in [1.29, 1.82) is 0 Å². The smallest absolute Gasteiger partial charge is 0.274 e. The molecule has 0 unspecified atom stereocenters. The molecule has 26 heavy (non-hydrogen) atoms. The number of para-hydroxylation sites is 1. The first kappa shape index (κ1) is 17.5. The van der Waals surface area contributed by atoms with E-state index in [1.807, 2.05) is 48.5 Å². The van der Waals surface area contributed by atoms with Crippen LogP contribution in [0.4, 0.5) is 11.4 Å². The van der Waals surface area contributed by atoms with E-state index in [-0.39, 0.29) is 10.6 Å². The highest BCUT2D eigenvalue weighted by atomic mass is 16.6. The van der Waals surface area contributed by atoms with Crippen LogP contribution in [-0.4, -0.2) is 12.0 Å². The Hall–Kier alpha value is -3.34. The molecule has 5 nitrogen and oxygen atoms in total. The molecule has 0 spiro atoms. The molecule has 0 N–H and O–H groups in total. The average molecular weight is 348 g/mol. The summed E-state index contributed by atoms with van der Waals surface area (Å²) in [6.45, 7) is 1.09. The number of anilines is 1. The van der Waals surface area contributed by atoms with E-state index < -0.39 is 0 Å². The Morgan fingerprint density at radius 3 is 2.19 bits per heavy atom. The number of rotatable bonds is 7. The van der Waals surface area contributed by atoms with Crippen LogP contribution in [0.2, 0.25) is 0 Å². The molecule has 0 aliphatic rings. The summed E-state index contributed by atoms with van der Waals surface area (Å²) in [4.78, 5) is 13.1. The molecule has 3 aromatic rings. The predicted molar refractivity (Wildman–Crippen MR) is 102 cm³/mol. The molecule has 0 aliphatic heterocycles. The van der Waals surface area contributed by atoms with Gasteiger partial charge >= 0.3 is 0 Å². The van der Waals surface area contributed by atoms with Gasteiger partial charge in [-0.25, -0.2) is 0 Å². The van der Waals surface area contributed by atoms with Crippen molar-refractivity contribution in [1.82, 2.24) is 0 Å². The second kappa shape index (κ2) is 8.16. The van der Waals surface area contributed by atoms with Gasteiger partial charge in [0.25, 0.3) is 5.69 Å². The van der Waals surface area contributed by atoms with Crippen molar-refractivity contribution < 1.29 is 9.66 Å². The maximum atomic E-state index is 11.4. The number of nitrogens with zero attached hydrogens (tertiary/aromatic N) is 2. The zero-order valence-corrected chi connectivity index (χ0v) is 14.5. The second-order valence-electron chi connectivity index (χ2n) is 5.93. The van der Waals surface area contributed by atoms with Gasteiger partial charge in [-0.1, -0.05) is 48.5 Å².